The average molecular weight is 237 g/mol. The van der Waals surface area contributed by atoms with E-state index in [-0.39, 0.29) is 23.7 Å². The van der Waals surface area contributed by atoms with E-state index in [1.165, 1.54) is 0 Å². The van der Waals surface area contributed by atoms with E-state index < -0.39 is 11.9 Å². The largest absolute Gasteiger partial charge is 0.481 e. The fourth-order valence-corrected chi connectivity index (χ4v) is 2.94. The van der Waals surface area contributed by atoms with Crippen LogP contribution in [0.3, 0.4) is 0 Å². The summed E-state index contributed by atoms with van der Waals surface area (Å²) in [6, 6.07) is 0. The van der Waals surface area contributed by atoms with E-state index in [9.17, 15) is 14.7 Å². The molecule has 0 saturated heterocycles. The van der Waals surface area contributed by atoms with Gasteiger partial charge < -0.3 is 10.4 Å². The van der Waals surface area contributed by atoms with Crippen LogP contribution in [0.2, 0.25) is 0 Å². The summed E-state index contributed by atoms with van der Waals surface area (Å²) >= 11 is 0. The number of allylic oxidation sites excluding steroid dienone is 2. The zero-order chi connectivity index (χ0) is 12.6. The topological polar surface area (TPSA) is 66.4 Å². The Morgan fingerprint density at radius 3 is 2.41 bits per heavy atom. The van der Waals surface area contributed by atoms with Crippen LogP contribution >= 0.6 is 0 Å². The quantitative estimate of drug-likeness (QED) is 0.724. The molecule has 2 aliphatic carbocycles. The number of fused-ring (bicyclic) bond motifs is 2. The van der Waals surface area contributed by atoms with Crippen LogP contribution in [-0.2, 0) is 9.59 Å². The predicted molar refractivity (Wildman–Crippen MR) is 63.2 cm³/mol. The molecule has 2 rings (SSSR count). The molecule has 2 bridgehead atoms. The molecule has 1 amide bonds. The lowest BCUT2D eigenvalue weighted by atomic mass is 9.82. The van der Waals surface area contributed by atoms with Gasteiger partial charge in [0.05, 0.1) is 11.8 Å². The Bertz CT molecular complexity index is 362. The lowest BCUT2D eigenvalue weighted by molar-refractivity contribution is -0.147. The van der Waals surface area contributed by atoms with E-state index in [2.05, 4.69) is 5.32 Å². The molecule has 0 heterocycles. The number of carboxylic acid groups (broad SMARTS) is 1. The van der Waals surface area contributed by atoms with E-state index >= 15 is 0 Å². The van der Waals surface area contributed by atoms with Gasteiger partial charge in [0.1, 0.15) is 0 Å². The highest BCUT2D eigenvalue weighted by molar-refractivity contribution is 5.86. The summed E-state index contributed by atoms with van der Waals surface area (Å²) in [5, 5.41) is 12.1. The first-order valence-electron chi connectivity index (χ1n) is 6.19. The number of hydrogen-bond donors (Lipinski definition) is 2. The second kappa shape index (κ2) is 4.51. The fourth-order valence-electron chi connectivity index (χ4n) is 2.94. The van der Waals surface area contributed by atoms with Gasteiger partial charge in [-0.05, 0) is 24.2 Å². The maximum absolute atomic E-state index is 12.0. The number of carboxylic acids is 1. The number of rotatable bonds is 4. The Morgan fingerprint density at radius 2 is 1.88 bits per heavy atom. The van der Waals surface area contributed by atoms with Crippen LogP contribution in [-0.4, -0.2) is 23.5 Å². The molecule has 94 valence electrons. The summed E-state index contributed by atoms with van der Waals surface area (Å²) < 4.78 is 0. The molecule has 2 aliphatic rings. The first kappa shape index (κ1) is 12.1. The van der Waals surface area contributed by atoms with Crippen LogP contribution in [0, 0.1) is 29.6 Å². The van der Waals surface area contributed by atoms with Crippen molar-refractivity contribution in [3.63, 3.8) is 0 Å². The lowest BCUT2D eigenvalue weighted by Gasteiger charge is -2.24. The van der Waals surface area contributed by atoms with Crippen LogP contribution in [0.1, 0.15) is 20.3 Å². The van der Waals surface area contributed by atoms with E-state index in [0.29, 0.717) is 12.5 Å². The van der Waals surface area contributed by atoms with Crippen LogP contribution in [0.15, 0.2) is 12.2 Å². The van der Waals surface area contributed by atoms with Crippen molar-refractivity contribution in [3.8, 4) is 0 Å². The minimum Gasteiger partial charge on any atom is -0.481 e. The van der Waals surface area contributed by atoms with Crippen molar-refractivity contribution in [1.82, 2.24) is 5.32 Å². The number of hydrogen-bond acceptors (Lipinski definition) is 2. The molecule has 0 unspecified atom stereocenters. The number of nitrogens with one attached hydrogen (secondary N) is 1. The third kappa shape index (κ3) is 2.21. The van der Waals surface area contributed by atoms with Crippen molar-refractivity contribution in [2.24, 2.45) is 29.6 Å². The monoisotopic (exact) mass is 237 g/mol. The van der Waals surface area contributed by atoms with Gasteiger partial charge in [0.15, 0.2) is 0 Å². The lowest BCUT2D eigenvalue weighted by Crippen LogP contribution is -2.41. The standard InChI is InChI=1S/C13H19NO3/c1-7(2)6-14-12(15)10-8-3-4-9(5-8)11(10)13(16)17/h3-4,7-11H,5-6H2,1-2H3,(H,14,15)(H,16,17)/t8-,9-,10+,11+/m0/s1. The predicted octanol–water partition coefficient (Wildman–Crippen LogP) is 1.28. The maximum atomic E-state index is 12.0. The zero-order valence-electron chi connectivity index (χ0n) is 10.2. The fraction of sp³-hybridized carbons (Fsp3) is 0.692. The average Bonchev–Trinajstić information content (AvgIpc) is 2.84. The third-order valence-electron chi connectivity index (χ3n) is 3.73. The van der Waals surface area contributed by atoms with Gasteiger partial charge in [-0.15, -0.1) is 0 Å². The molecular formula is C13H19NO3. The van der Waals surface area contributed by atoms with E-state index in [1.54, 1.807) is 0 Å². The van der Waals surface area contributed by atoms with Gasteiger partial charge in [-0.1, -0.05) is 26.0 Å². The SMILES string of the molecule is CC(C)CNC(=O)[C@H]1[C@H](C(=O)O)[C@H]2C=C[C@H]1C2. The first-order chi connectivity index (χ1) is 8.00. The van der Waals surface area contributed by atoms with Gasteiger partial charge in [0, 0.05) is 6.54 Å². The van der Waals surface area contributed by atoms with Crippen molar-refractivity contribution in [2.75, 3.05) is 6.54 Å². The van der Waals surface area contributed by atoms with E-state index in [0.717, 1.165) is 6.42 Å². The Labute approximate surface area is 101 Å². The second-order valence-corrected chi connectivity index (χ2v) is 5.48. The minimum absolute atomic E-state index is 0.0484. The van der Waals surface area contributed by atoms with Gasteiger partial charge in [-0.3, -0.25) is 9.59 Å². The molecule has 1 saturated carbocycles. The molecule has 4 heteroatoms. The smallest absolute Gasteiger partial charge is 0.307 e. The maximum Gasteiger partial charge on any atom is 0.307 e. The highest BCUT2D eigenvalue weighted by Crippen LogP contribution is 2.48. The summed E-state index contributed by atoms with van der Waals surface area (Å²) in [5.74, 6) is -1.29. The van der Waals surface area contributed by atoms with Crippen molar-refractivity contribution >= 4 is 11.9 Å². The molecule has 0 radical (unpaired) electrons. The number of carbonyl (C=O) groups excluding carboxylic acids is 1. The Kier molecular flexibility index (Phi) is 3.22. The summed E-state index contributed by atoms with van der Waals surface area (Å²) in [6.45, 7) is 4.66. The number of amides is 1. The van der Waals surface area contributed by atoms with Gasteiger partial charge >= 0.3 is 5.97 Å². The van der Waals surface area contributed by atoms with Crippen molar-refractivity contribution in [3.05, 3.63) is 12.2 Å². The van der Waals surface area contributed by atoms with Crippen LogP contribution in [0.5, 0.6) is 0 Å². The van der Waals surface area contributed by atoms with Crippen molar-refractivity contribution in [1.29, 1.82) is 0 Å². The summed E-state index contributed by atoms with van der Waals surface area (Å²) in [7, 11) is 0. The van der Waals surface area contributed by atoms with Gasteiger partial charge in [-0.2, -0.15) is 0 Å². The molecule has 0 spiro atoms. The molecule has 17 heavy (non-hydrogen) atoms. The number of aliphatic carboxylic acids is 1. The van der Waals surface area contributed by atoms with Crippen molar-refractivity contribution < 1.29 is 14.7 Å². The highest BCUT2D eigenvalue weighted by Gasteiger charge is 2.51. The molecular weight excluding hydrogens is 218 g/mol. The summed E-state index contributed by atoms with van der Waals surface area (Å²) in [5.41, 5.74) is 0. The molecule has 0 aliphatic heterocycles. The zero-order valence-corrected chi connectivity index (χ0v) is 10.2. The molecule has 0 aromatic carbocycles. The summed E-state index contributed by atoms with van der Waals surface area (Å²) in [4.78, 5) is 23.3. The molecule has 0 aromatic rings. The van der Waals surface area contributed by atoms with Gasteiger partial charge in [0.25, 0.3) is 0 Å². The molecule has 2 N–H and O–H groups in total. The Balaban J connectivity index is 2.06. The van der Waals surface area contributed by atoms with Crippen LogP contribution in [0.4, 0.5) is 0 Å². The first-order valence-corrected chi connectivity index (χ1v) is 6.19. The van der Waals surface area contributed by atoms with E-state index in [1.807, 2.05) is 26.0 Å². The van der Waals surface area contributed by atoms with Crippen LogP contribution in [0.25, 0.3) is 0 Å². The Hall–Kier alpha value is -1.32. The summed E-state index contributed by atoms with van der Waals surface area (Å²) in [6.07, 6.45) is 4.77. The molecule has 4 atom stereocenters. The van der Waals surface area contributed by atoms with Crippen molar-refractivity contribution in [2.45, 2.75) is 20.3 Å². The van der Waals surface area contributed by atoms with Gasteiger partial charge in [-0.25, -0.2) is 0 Å². The molecule has 0 aromatic heterocycles. The Morgan fingerprint density at radius 1 is 1.29 bits per heavy atom. The normalized spacial score (nSPS) is 34.3. The molecule has 1 fully saturated rings. The van der Waals surface area contributed by atoms with Crippen LogP contribution < -0.4 is 5.32 Å². The second-order valence-electron chi connectivity index (χ2n) is 5.48. The highest BCUT2D eigenvalue weighted by atomic mass is 16.4. The van der Waals surface area contributed by atoms with Gasteiger partial charge in [0.2, 0.25) is 5.91 Å². The minimum atomic E-state index is -0.841. The number of carbonyl (C=O) groups is 2. The third-order valence-corrected chi connectivity index (χ3v) is 3.73. The molecule has 4 nitrogen and oxygen atoms in total. The van der Waals surface area contributed by atoms with E-state index in [4.69, 9.17) is 0 Å².